The number of para-hydroxylation sites is 1. The van der Waals surface area contributed by atoms with Gasteiger partial charge in [-0.05, 0) is 87.4 Å². The Bertz CT molecular complexity index is 1590. The second kappa shape index (κ2) is 20.4. The molecule has 0 aliphatic carbocycles. The normalized spacial score (nSPS) is 18.8. The van der Waals surface area contributed by atoms with Gasteiger partial charge in [0.15, 0.2) is 6.29 Å². The molecule has 1 fully saturated rings. The first-order valence-corrected chi connectivity index (χ1v) is 22.0. The van der Waals surface area contributed by atoms with E-state index >= 15 is 0 Å². The Balaban J connectivity index is 1.58. The van der Waals surface area contributed by atoms with Crippen LogP contribution in [0.4, 0.5) is 0 Å². The third-order valence-electron chi connectivity index (χ3n) is 10.0. The number of rotatable bonds is 18. The minimum atomic E-state index is -2.19. The number of hydrogen-bond donors (Lipinski definition) is 0. The van der Waals surface area contributed by atoms with Crippen molar-refractivity contribution in [3.05, 3.63) is 114 Å². The highest BCUT2D eigenvalue weighted by molar-refractivity contribution is 6.74. The van der Waals surface area contributed by atoms with E-state index < -0.39 is 26.6 Å². The molecule has 1 aliphatic heterocycles. The number of benzene rings is 2. The average molecular weight is 742 g/mol. The minimum Gasteiger partial charge on any atom is -0.543 e. The van der Waals surface area contributed by atoms with Crippen LogP contribution >= 0.6 is 0 Å². The summed E-state index contributed by atoms with van der Waals surface area (Å²) in [5.74, 6) is -0.374. The SMILES string of the molecule is CCOC(=O)CC/C=C\C[C@@H]1CO[C@H](C(CCC/C=C(\c2ccccc2)c2cccnc2)C(=O)OCC)O[C@@H]1c1ccccc1O[Si](C)(C)C(C)(C)C. The summed E-state index contributed by atoms with van der Waals surface area (Å²) in [5.41, 5.74) is 4.21. The van der Waals surface area contributed by atoms with Gasteiger partial charge in [-0.2, -0.15) is 0 Å². The summed E-state index contributed by atoms with van der Waals surface area (Å²) >= 11 is 0. The second-order valence-corrected chi connectivity index (χ2v) is 19.7. The Kier molecular flexibility index (Phi) is 16.1. The number of hydrogen-bond acceptors (Lipinski definition) is 8. The van der Waals surface area contributed by atoms with Crippen LogP contribution in [0.15, 0.2) is 97.4 Å². The van der Waals surface area contributed by atoms with Crippen LogP contribution in [-0.2, 0) is 28.5 Å². The standard InChI is InChI=1S/C44H59NO7Si/c1-8-48-40(46)29-15-11-14-23-35-32-50-43(51-41(35)37-26-18-19-28-39(37)52-53(6,7)44(3,4)5)38(42(47)49-9-2)27-17-16-25-36(33-21-12-10-13-22-33)34-24-20-30-45-31-34/h10-14,18-22,24-26,28,30-31,35,38,41,43H,8-9,15-17,23,27,29,32H2,1-7H3/b14-11-,36-25+/t35-,38?,41+,43+/m1/s1. The fourth-order valence-corrected chi connectivity index (χ4v) is 7.17. The summed E-state index contributed by atoms with van der Waals surface area (Å²) in [6, 6.07) is 22.4. The fourth-order valence-electron chi connectivity index (χ4n) is 6.13. The number of carbonyl (C=O) groups is 2. The number of aromatic nitrogens is 1. The molecule has 286 valence electrons. The van der Waals surface area contributed by atoms with Crippen LogP contribution in [0, 0.1) is 11.8 Å². The Morgan fingerprint density at radius 3 is 2.34 bits per heavy atom. The molecule has 8 nitrogen and oxygen atoms in total. The molecule has 0 bridgehead atoms. The molecule has 53 heavy (non-hydrogen) atoms. The fraction of sp³-hybridized carbons (Fsp3) is 0.477. The molecule has 4 rings (SSSR count). The molecular formula is C44H59NO7Si. The van der Waals surface area contributed by atoms with E-state index in [2.05, 4.69) is 75.3 Å². The van der Waals surface area contributed by atoms with Crippen molar-refractivity contribution in [3.63, 3.8) is 0 Å². The van der Waals surface area contributed by atoms with Gasteiger partial charge in [-0.25, -0.2) is 0 Å². The lowest BCUT2D eigenvalue weighted by Crippen LogP contribution is -2.45. The van der Waals surface area contributed by atoms with Crippen molar-refractivity contribution >= 4 is 25.8 Å². The van der Waals surface area contributed by atoms with Crippen LogP contribution < -0.4 is 4.43 Å². The highest BCUT2D eigenvalue weighted by Crippen LogP contribution is 2.44. The zero-order chi connectivity index (χ0) is 38.3. The number of carbonyl (C=O) groups excluding carboxylic acids is 2. The van der Waals surface area contributed by atoms with E-state index in [4.69, 9.17) is 23.4 Å². The van der Waals surface area contributed by atoms with Gasteiger partial charge in [0.25, 0.3) is 0 Å². The maximum absolute atomic E-state index is 13.6. The largest absolute Gasteiger partial charge is 0.543 e. The molecule has 0 spiro atoms. The molecule has 2 aromatic carbocycles. The van der Waals surface area contributed by atoms with Crippen LogP contribution in [0.5, 0.6) is 5.75 Å². The lowest BCUT2D eigenvalue weighted by molar-refractivity contribution is -0.261. The van der Waals surface area contributed by atoms with Gasteiger partial charge in [-0.1, -0.05) is 93.6 Å². The number of ether oxygens (including phenoxy) is 4. The lowest BCUT2D eigenvalue weighted by Gasteiger charge is -2.41. The van der Waals surface area contributed by atoms with Crippen LogP contribution in [-0.4, -0.2) is 51.4 Å². The van der Waals surface area contributed by atoms with Crippen molar-refractivity contribution in [3.8, 4) is 5.75 Å². The van der Waals surface area contributed by atoms with E-state index in [1.807, 2.05) is 68.6 Å². The van der Waals surface area contributed by atoms with Gasteiger partial charge in [0.05, 0.1) is 25.9 Å². The zero-order valence-corrected chi connectivity index (χ0v) is 33.7. The Hall–Kier alpha value is -4.05. The van der Waals surface area contributed by atoms with Crippen molar-refractivity contribution in [1.29, 1.82) is 0 Å². The predicted molar refractivity (Wildman–Crippen MR) is 213 cm³/mol. The summed E-state index contributed by atoms with van der Waals surface area (Å²) in [7, 11) is -2.19. The first-order valence-electron chi connectivity index (χ1n) is 19.1. The number of unbranched alkanes of at least 4 members (excludes halogenated alkanes) is 1. The molecule has 1 aliphatic rings. The first kappa shape index (κ1) is 41.7. The van der Waals surface area contributed by atoms with Crippen LogP contribution in [0.2, 0.25) is 18.1 Å². The molecule has 4 atom stereocenters. The highest BCUT2D eigenvalue weighted by Gasteiger charge is 2.43. The smallest absolute Gasteiger partial charge is 0.314 e. The summed E-state index contributed by atoms with van der Waals surface area (Å²) in [4.78, 5) is 29.8. The zero-order valence-electron chi connectivity index (χ0n) is 32.7. The van der Waals surface area contributed by atoms with E-state index in [0.717, 1.165) is 40.9 Å². The Labute approximate surface area is 318 Å². The number of nitrogens with zero attached hydrogens (tertiary/aromatic N) is 1. The number of allylic oxidation sites excluding steroid dienone is 3. The minimum absolute atomic E-state index is 0.00109. The van der Waals surface area contributed by atoms with E-state index in [9.17, 15) is 9.59 Å². The average Bonchev–Trinajstić information content (AvgIpc) is 3.14. The summed E-state index contributed by atoms with van der Waals surface area (Å²) in [5, 5.41) is 0.00109. The Morgan fingerprint density at radius 1 is 0.925 bits per heavy atom. The summed E-state index contributed by atoms with van der Waals surface area (Å²) < 4.78 is 30.9. The molecule has 0 saturated carbocycles. The maximum atomic E-state index is 13.6. The first-order chi connectivity index (χ1) is 25.4. The quantitative estimate of drug-likeness (QED) is 0.0551. The molecule has 0 N–H and O–H groups in total. The molecule has 1 saturated heterocycles. The van der Waals surface area contributed by atoms with Crippen molar-refractivity contribution in [1.82, 2.24) is 4.98 Å². The molecule has 2 heterocycles. The summed E-state index contributed by atoms with van der Waals surface area (Å²) in [6.07, 6.45) is 12.4. The third-order valence-corrected chi connectivity index (χ3v) is 14.4. The van der Waals surface area contributed by atoms with Crippen LogP contribution in [0.25, 0.3) is 5.57 Å². The van der Waals surface area contributed by atoms with Crippen molar-refractivity contribution in [2.75, 3.05) is 19.8 Å². The molecule has 9 heteroatoms. The van der Waals surface area contributed by atoms with Gasteiger partial charge in [0.1, 0.15) is 11.7 Å². The van der Waals surface area contributed by atoms with E-state index in [1.165, 1.54) is 0 Å². The molecular weight excluding hydrogens is 683 g/mol. The van der Waals surface area contributed by atoms with Gasteiger partial charge in [0, 0.05) is 35.9 Å². The van der Waals surface area contributed by atoms with Gasteiger partial charge < -0.3 is 23.4 Å². The molecule has 0 amide bonds. The van der Waals surface area contributed by atoms with Crippen molar-refractivity contribution in [2.24, 2.45) is 11.8 Å². The van der Waals surface area contributed by atoms with Gasteiger partial charge in [-0.3, -0.25) is 14.6 Å². The topological polar surface area (TPSA) is 93.2 Å². The van der Waals surface area contributed by atoms with Gasteiger partial charge in [-0.15, -0.1) is 0 Å². The van der Waals surface area contributed by atoms with E-state index in [0.29, 0.717) is 38.9 Å². The molecule has 1 unspecified atom stereocenters. The van der Waals surface area contributed by atoms with Crippen LogP contribution in [0.1, 0.15) is 95.9 Å². The van der Waals surface area contributed by atoms with Gasteiger partial charge >= 0.3 is 11.9 Å². The van der Waals surface area contributed by atoms with E-state index in [1.54, 1.807) is 6.20 Å². The maximum Gasteiger partial charge on any atom is 0.314 e. The highest BCUT2D eigenvalue weighted by atomic mass is 28.4. The Morgan fingerprint density at radius 2 is 1.64 bits per heavy atom. The number of pyridine rings is 1. The molecule has 0 radical (unpaired) electrons. The predicted octanol–water partition coefficient (Wildman–Crippen LogP) is 10.3. The third kappa shape index (κ3) is 12.2. The second-order valence-electron chi connectivity index (χ2n) is 15.0. The van der Waals surface area contributed by atoms with E-state index in [-0.39, 0.29) is 29.5 Å². The van der Waals surface area contributed by atoms with Gasteiger partial charge in [0.2, 0.25) is 8.32 Å². The van der Waals surface area contributed by atoms with Crippen molar-refractivity contribution in [2.45, 2.75) is 104 Å². The lowest BCUT2D eigenvalue weighted by atomic mass is 9.90. The monoisotopic (exact) mass is 741 g/mol. The number of esters is 2. The molecule has 3 aromatic rings. The molecule has 1 aromatic heterocycles. The summed E-state index contributed by atoms with van der Waals surface area (Å²) in [6.45, 7) is 15.8. The van der Waals surface area contributed by atoms with Crippen molar-refractivity contribution < 1.29 is 33.0 Å². The van der Waals surface area contributed by atoms with Crippen LogP contribution in [0.3, 0.4) is 0 Å².